The summed E-state index contributed by atoms with van der Waals surface area (Å²) < 4.78 is 2.92. The summed E-state index contributed by atoms with van der Waals surface area (Å²) in [6, 6.07) is 33.2. The van der Waals surface area contributed by atoms with E-state index in [2.05, 4.69) is 102 Å². The molecule has 3 aromatic carbocycles. The molecule has 5 rings (SSSR count). The van der Waals surface area contributed by atoms with Gasteiger partial charge in [0, 0.05) is 17.2 Å². The monoisotopic (exact) mass is 400 g/mol. The summed E-state index contributed by atoms with van der Waals surface area (Å²) in [5, 5.41) is 8.44. The third kappa shape index (κ3) is 3.15. The molecule has 27 heavy (non-hydrogen) atoms. The lowest BCUT2D eigenvalue weighted by atomic mass is 9.98. The maximum Gasteiger partial charge on any atom is 0.0377 e. The van der Waals surface area contributed by atoms with Crippen molar-refractivity contribution < 1.29 is 0 Å². The van der Waals surface area contributed by atoms with E-state index in [1.165, 1.54) is 36.4 Å². The third-order valence-electron chi connectivity index (χ3n) is 4.68. The van der Waals surface area contributed by atoms with Gasteiger partial charge in [0.2, 0.25) is 0 Å². The molecule has 0 bridgehead atoms. The Morgan fingerprint density at radius 2 is 1.15 bits per heavy atom. The van der Waals surface area contributed by atoms with Gasteiger partial charge in [0.1, 0.15) is 0 Å². The normalized spacial score (nSPS) is 11.3. The lowest BCUT2D eigenvalue weighted by molar-refractivity contribution is 1.68. The highest BCUT2D eigenvalue weighted by Gasteiger charge is 2.22. The molecule has 0 radical (unpaired) electrons. The molecule has 0 N–H and O–H groups in total. The van der Waals surface area contributed by atoms with Crippen LogP contribution in [0, 0.1) is 0 Å². The lowest BCUT2D eigenvalue weighted by Gasteiger charge is -2.20. The van der Waals surface area contributed by atoms with Crippen molar-refractivity contribution in [3.8, 4) is 11.1 Å². The van der Waals surface area contributed by atoms with Gasteiger partial charge in [-0.1, -0.05) is 78.9 Å². The Morgan fingerprint density at radius 3 is 1.89 bits per heavy atom. The second kappa shape index (κ2) is 7.40. The molecule has 0 nitrogen and oxygen atoms in total. The Bertz CT molecular complexity index is 1130. The molecule has 2 heterocycles. The van der Waals surface area contributed by atoms with Crippen molar-refractivity contribution in [3.05, 3.63) is 102 Å². The Balaban J connectivity index is 1.77. The molecule has 0 unspecified atom stereocenters. The molecule has 0 aliphatic carbocycles. The fourth-order valence-electron chi connectivity index (χ4n) is 3.50. The van der Waals surface area contributed by atoms with Gasteiger partial charge in [0.15, 0.2) is 0 Å². The van der Waals surface area contributed by atoms with Crippen LogP contribution < -0.4 is 14.5 Å². The van der Waals surface area contributed by atoms with Crippen LogP contribution in [0.5, 0.6) is 0 Å². The summed E-state index contributed by atoms with van der Waals surface area (Å²) >= 11 is 3.73. The first kappa shape index (κ1) is 16.9. The topological polar surface area (TPSA) is 0 Å². The molecule has 0 amide bonds. The smallest absolute Gasteiger partial charge is 0.0377 e. The van der Waals surface area contributed by atoms with Gasteiger partial charge in [-0.05, 0) is 50.1 Å². The first-order valence-corrected chi connectivity index (χ1v) is 12.0. The molecule has 5 aromatic rings. The Labute approximate surface area is 168 Å². The van der Waals surface area contributed by atoms with E-state index in [1.807, 2.05) is 22.7 Å². The van der Waals surface area contributed by atoms with Gasteiger partial charge in [0.05, 0.1) is 0 Å². The fraction of sp³-hybridized carbons (Fsp3) is 0. The molecule has 3 heteroatoms. The largest absolute Gasteiger partial charge is 0.143 e. The van der Waals surface area contributed by atoms with Crippen molar-refractivity contribution in [1.82, 2.24) is 0 Å². The SMILES string of the molecule is c1csc(P(c2cccs2)c2ccccc2-c2cccc3ccccc23)c1. The maximum atomic E-state index is 2.32. The molecular weight excluding hydrogens is 383 g/mol. The quantitative estimate of drug-likeness (QED) is 0.307. The van der Waals surface area contributed by atoms with Gasteiger partial charge in [0.25, 0.3) is 0 Å². The number of rotatable bonds is 4. The van der Waals surface area contributed by atoms with E-state index in [9.17, 15) is 0 Å². The minimum atomic E-state index is -0.535. The van der Waals surface area contributed by atoms with Crippen LogP contribution in [0.3, 0.4) is 0 Å². The molecule has 0 aliphatic heterocycles. The highest BCUT2D eigenvalue weighted by Crippen LogP contribution is 2.41. The van der Waals surface area contributed by atoms with E-state index in [1.54, 1.807) is 0 Å². The molecule has 130 valence electrons. The second-order valence-corrected chi connectivity index (χ2v) is 10.9. The van der Waals surface area contributed by atoms with Gasteiger partial charge in [-0.2, -0.15) is 0 Å². The summed E-state index contributed by atoms with van der Waals surface area (Å²) in [4.78, 5) is 0. The number of benzene rings is 3. The summed E-state index contributed by atoms with van der Waals surface area (Å²) in [6.07, 6.45) is 0. The molecule has 0 saturated carbocycles. The summed E-state index contributed by atoms with van der Waals surface area (Å²) in [6.45, 7) is 0. The van der Waals surface area contributed by atoms with Gasteiger partial charge < -0.3 is 0 Å². The van der Waals surface area contributed by atoms with Crippen LogP contribution >= 0.6 is 30.6 Å². The van der Waals surface area contributed by atoms with E-state index in [4.69, 9.17) is 0 Å². The second-order valence-electron chi connectivity index (χ2n) is 6.28. The minimum absolute atomic E-state index is 0.535. The zero-order chi connectivity index (χ0) is 18.1. The predicted octanol–water partition coefficient (Wildman–Crippen LogP) is 6.39. The first-order chi connectivity index (χ1) is 13.4. The number of hydrogen-bond acceptors (Lipinski definition) is 2. The molecule has 0 aliphatic rings. The van der Waals surface area contributed by atoms with Gasteiger partial charge in [-0.25, -0.2) is 0 Å². The van der Waals surface area contributed by atoms with Crippen LogP contribution in [0.25, 0.3) is 21.9 Å². The highest BCUT2D eigenvalue weighted by molar-refractivity contribution is 7.87. The maximum absolute atomic E-state index is 2.32. The van der Waals surface area contributed by atoms with E-state index >= 15 is 0 Å². The predicted molar refractivity (Wildman–Crippen MR) is 124 cm³/mol. The zero-order valence-corrected chi connectivity index (χ0v) is 17.1. The molecule has 0 saturated heterocycles. The van der Waals surface area contributed by atoms with Crippen LogP contribution in [0.15, 0.2) is 102 Å². The van der Waals surface area contributed by atoms with Crippen molar-refractivity contribution in [2.75, 3.05) is 0 Å². The van der Waals surface area contributed by atoms with Crippen molar-refractivity contribution in [3.63, 3.8) is 0 Å². The number of hydrogen-bond donors (Lipinski definition) is 0. The minimum Gasteiger partial charge on any atom is -0.143 e. The average molecular weight is 401 g/mol. The van der Waals surface area contributed by atoms with Crippen molar-refractivity contribution in [2.45, 2.75) is 0 Å². The summed E-state index contributed by atoms with van der Waals surface area (Å²) in [7, 11) is -0.535. The van der Waals surface area contributed by atoms with Crippen molar-refractivity contribution >= 4 is 55.9 Å². The van der Waals surface area contributed by atoms with Gasteiger partial charge in [-0.3, -0.25) is 0 Å². The van der Waals surface area contributed by atoms with Crippen molar-refractivity contribution in [2.24, 2.45) is 0 Å². The van der Waals surface area contributed by atoms with Crippen LogP contribution in [-0.4, -0.2) is 0 Å². The Hall–Kier alpha value is -2.25. The van der Waals surface area contributed by atoms with Gasteiger partial charge in [-0.15, -0.1) is 22.7 Å². The first-order valence-electron chi connectivity index (χ1n) is 8.86. The highest BCUT2D eigenvalue weighted by atomic mass is 32.1. The van der Waals surface area contributed by atoms with Crippen LogP contribution in [0.4, 0.5) is 0 Å². The molecule has 0 fully saturated rings. The van der Waals surface area contributed by atoms with E-state index in [-0.39, 0.29) is 0 Å². The summed E-state index contributed by atoms with van der Waals surface area (Å²) in [5.41, 5.74) is 2.67. The Morgan fingerprint density at radius 1 is 0.519 bits per heavy atom. The van der Waals surface area contributed by atoms with Crippen molar-refractivity contribution in [1.29, 1.82) is 0 Å². The van der Waals surface area contributed by atoms with Gasteiger partial charge >= 0.3 is 0 Å². The zero-order valence-electron chi connectivity index (χ0n) is 14.6. The van der Waals surface area contributed by atoms with Crippen LogP contribution in [0.1, 0.15) is 0 Å². The van der Waals surface area contributed by atoms with E-state index in [0.717, 1.165) is 0 Å². The molecule has 0 atom stereocenters. The molecule has 0 spiro atoms. The third-order valence-corrected chi connectivity index (χ3v) is 9.80. The van der Waals surface area contributed by atoms with E-state index in [0.29, 0.717) is 0 Å². The Kier molecular flexibility index (Phi) is 4.63. The standard InChI is InChI=1S/C24H17PS2/c1-2-10-19-18(8-1)9-5-12-20(19)21-11-3-4-13-22(21)25(23-14-6-16-26-23)24-15-7-17-27-24/h1-17H. The summed E-state index contributed by atoms with van der Waals surface area (Å²) in [5.74, 6) is 0. The fourth-order valence-corrected chi connectivity index (χ4v) is 8.80. The molecule has 2 aromatic heterocycles. The molecular formula is C24H17PS2. The average Bonchev–Trinajstić information content (AvgIpc) is 3.43. The lowest BCUT2D eigenvalue weighted by Crippen LogP contribution is -2.18. The number of fused-ring (bicyclic) bond motifs is 1. The van der Waals surface area contributed by atoms with Crippen LogP contribution in [0.2, 0.25) is 0 Å². The van der Waals surface area contributed by atoms with Crippen LogP contribution in [-0.2, 0) is 0 Å². The van der Waals surface area contributed by atoms with E-state index < -0.39 is 7.92 Å². The number of thiophene rings is 2.